The molecule has 1 aromatic rings. The van der Waals surface area contributed by atoms with Crippen LogP contribution < -0.4 is 0 Å². The minimum Gasteiger partial charge on any atom is -0.339 e. The highest BCUT2D eigenvalue weighted by molar-refractivity contribution is 5.76. The first-order valence-electron chi connectivity index (χ1n) is 8.25. The highest BCUT2D eigenvalue weighted by Gasteiger charge is 2.13. The molecule has 0 aliphatic carbocycles. The SMILES string of the molecule is CCCN(CCC)CCC(=O)N(CC)Cc1ccccc1. The monoisotopic (exact) mass is 290 g/mol. The van der Waals surface area contributed by atoms with Gasteiger partial charge in [-0.15, -0.1) is 0 Å². The lowest BCUT2D eigenvalue weighted by molar-refractivity contribution is -0.132. The van der Waals surface area contributed by atoms with Crippen LogP contribution in [0.1, 0.15) is 45.6 Å². The Balaban J connectivity index is 2.47. The van der Waals surface area contributed by atoms with Crippen LogP contribution in [0.25, 0.3) is 0 Å². The molecular weight excluding hydrogens is 260 g/mol. The number of carbonyl (C=O) groups is 1. The molecule has 0 saturated carbocycles. The average molecular weight is 290 g/mol. The van der Waals surface area contributed by atoms with Crippen molar-refractivity contribution in [2.75, 3.05) is 26.2 Å². The van der Waals surface area contributed by atoms with Crippen LogP contribution in [0.4, 0.5) is 0 Å². The number of carbonyl (C=O) groups excluding carboxylic acids is 1. The van der Waals surface area contributed by atoms with E-state index in [-0.39, 0.29) is 5.91 Å². The molecule has 0 radical (unpaired) electrons. The highest BCUT2D eigenvalue weighted by atomic mass is 16.2. The van der Waals surface area contributed by atoms with Gasteiger partial charge in [0.05, 0.1) is 0 Å². The van der Waals surface area contributed by atoms with Crippen molar-refractivity contribution in [3.63, 3.8) is 0 Å². The van der Waals surface area contributed by atoms with E-state index in [4.69, 9.17) is 0 Å². The molecule has 21 heavy (non-hydrogen) atoms. The maximum absolute atomic E-state index is 12.4. The van der Waals surface area contributed by atoms with Crippen molar-refractivity contribution in [2.45, 2.75) is 46.6 Å². The Labute approximate surface area is 129 Å². The zero-order valence-electron chi connectivity index (χ0n) is 13.8. The molecule has 0 spiro atoms. The van der Waals surface area contributed by atoms with Gasteiger partial charge in [-0.05, 0) is 38.4 Å². The van der Waals surface area contributed by atoms with Gasteiger partial charge < -0.3 is 9.80 Å². The van der Waals surface area contributed by atoms with Gasteiger partial charge in [-0.3, -0.25) is 4.79 Å². The molecular formula is C18H30N2O. The van der Waals surface area contributed by atoms with Crippen molar-refractivity contribution in [1.82, 2.24) is 9.80 Å². The van der Waals surface area contributed by atoms with Crippen molar-refractivity contribution in [2.24, 2.45) is 0 Å². The Bertz CT molecular complexity index is 385. The predicted octanol–water partition coefficient (Wildman–Crippen LogP) is 3.55. The lowest BCUT2D eigenvalue weighted by Gasteiger charge is -2.24. The van der Waals surface area contributed by atoms with Gasteiger partial charge in [0.25, 0.3) is 0 Å². The van der Waals surface area contributed by atoms with Gasteiger partial charge >= 0.3 is 0 Å². The van der Waals surface area contributed by atoms with E-state index in [1.54, 1.807) is 0 Å². The molecule has 0 heterocycles. The van der Waals surface area contributed by atoms with E-state index in [1.165, 1.54) is 5.56 Å². The molecule has 0 aliphatic rings. The third-order valence-electron chi connectivity index (χ3n) is 3.67. The minimum absolute atomic E-state index is 0.263. The fourth-order valence-electron chi connectivity index (χ4n) is 2.56. The first-order chi connectivity index (χ1) is 10.2. The van der Waals surface area contributed by atoms with Crippen LogP contribution in [0.15, 0.2) is 30.3 Å². The zero-order chi connectivity index (χ0) is 15.5. The molecule has 0 bridgehead atoms. The average Bonchev–Trinajstić information content (AvgIpc) is 2.51. The first kappa shape index (κ1) is 17.7. The normalized spacial score (nSPS) is 10.9. The van der Waals surface area contributed by atoms with Crippen molar-refractivity contribution in [3.8, 4) is 0 Å². The van der Waals surface area contributed by atoms with Gasteiger partial charge in [0, 0.05) is 26.1 Å². The molecule has 0 saturated heterocycles. The van der Waals surface area contributed by atoms with Crippen LogP contribution in [0, 0.1) is 0 Å². The van der Waals surface area contributed by atoms with Gasteiger partial charge in [-0.1, -0.05) is 44.2 Å². The number of rotatable bonds is 10. The molecule has 0 aliphatic heterocycles. The molecule has 0 atom stereocenters. The van der Waals surface area contributed by atoms with E-state index in [1.807, 2.05) is 23.1 Å². The Morgan fingerprint density at radius 3 is 2.10 bits per heavy atom. The van der Waals surface area contributed by atoms with Gasteiger partial charge in [0.15, 0.2) is 0 Å². The van der Waals surface area contributed by atoms with Crippen molar-refractivity contribution in [1.29, 1.82) is 0 Å². The van der Waals surface area contributed by atoms with E-state index in [0.717, 1.165) is 45.6 Å². The second-order valence-electron chi connectivity index (χ2n) is 5.49. The van der Waals surface area contributed by atoms with E-state index >= 15 is 0 Å². The maximum atomic E-state index is 12.4. The summed E-state index contributed by atoms with van der Waals surface area (Å²) in [6, 6.07) is 10.2. The van der Waals surface area contributed by atoms with E-state index in [0.29, 0.717) is 6.42 Å². The summed E-state index contributed by atoms with van der Waals surface area (Å²) in [6.07, 6.45) is 2.92. The Morgan fingerprint density at radius 1 is 0.952 bits per heavy atom. The summed E-state index contributed by atoms with van der Waals surface area (Å²) >= 11 is 0. The van der Waals surface area contributed by atoms with E-state index in [9.17, 15) is 4.79 Å². The first-order valence-corrected chi connectivity index (χ1v) is 8.25. The predicted molar refractivity (Wildman–Crippen MR) is 89.2 cm³/mol. The smallest absolute Gasteiger partial charge is 0.224 e. The second kappa shape index (κ2) is 10.4. The largest absolute Gasteiger partial charge is 0.339 e. The number of hydrogen-bond donors (Lipinski definition) is 0. The van der Waals surface area contributed by atoms with Crippen molar-refractivity contribution < 1.29 is 4.79 Å². The number of hydrogen-bond acceptors (Lipinski definition) is 2. The molecule has 0 N–H and O–H groups in total. The molecule has 0 aromatic heterocycles. The quantitative estimate of drug-likeness (QED) is 0.658. The maximum Gasteiger partial charge on any atom is 0.224 e. The summed E-state index contributed by atoms with van der Waals surface area (Å²) in [5, 5.41) is 0. The topological polar surface area (TPSA) is 23.6 Å². The van der Waals surface area contributed by atoms with Crippen LogP contribution in [0.5, 0.6) is 0 Å². The van der Waals surface area contributed by atoms with Gasteiger partial charge in [-0.25, -0.2) is 0 Å². The van der Waals surface area contributed by atoms with Crippen LogP contribution >= 0.6 is 0 Å². The summed E-state index contributed by atoms with van der Waals surface area (Å²) in [6.45, 7) is 11.0. The lowest BCUT2D eigenvalue weighted by Crippen LogP contribution is -2.34. The summed E-state index contributed by atoms with van der Waals surface area (Å²) in [7, 11) is 0. The fraction of sp³-hybridized carbons (Fsp3) is 0.611. The standard InChI is InChI=1S/C18H30N2O/c1-4-13-19(14-5-2)15-12-18(21)20(6-3)16-17-10-8-7-9-11-17/h7-11H,4-6,12-16H2,1-3H3. The van der Waals surface area contributed by atoms with Crippen molar-refractivity contribution >= 4 is 5.91 Å². The van der Waals surface area contributed by atoms with Crippen LogP contribution in [-0.2, 0) is 11.3 Å². The minimum atomic E-state index is 0.263. The molecule has 0 unspecified atom stereocenters. The number of amides is 1. The third-order valence-corrected chi connectivity index (χ3v) is 3.67. The van der Waals surface area contributed by atoms with Gasteiger partial charge in [-0.2, -0.15) is 0 Å². The Hall–Kier alpha value is -1.35. The van der Waals surface area contributed by atoms with Crippen LogP contribution in [0.2, 0.25) is 0 Å². The second-order valence-corrected chi connectivity index (χ2v) is 5.49. The van der Waals surface area contributed by atoms with Gasteiger partial charge in [0.1, 0.15) is 0 Å². The summed E-state index contributed by atoms with van der Waals surface area (Å²) in [5.74, 6) is 0.263. The highest BCUT2D eigenvalue weighted by Crippen LogP contribution is 2.07. The Morgan fingerprint density at radius 2 is 1.57 bits per heavy atom. The van der Waals surface area contributed by atoms with Crippen molar-refractivity contribution in [3.05, 3.63) is 35.9 Å². The molecule has 3 heteroatoms. The lowest BCUT2D eigenvalue weighted by atomic mass is 10.2. The molecule has 118 valence electrons. The zero-order valence-corrected chi connectivity index (χ0v) is 13.8. The summed E-state index contributed by atoms with van der Waals surface area (Å²) in [5.41, 5.74) is 1.20. The van der Waals surface area contributed by atoms with E-state index < -0.39 is 0 Å². The molecule has 1 amide bonds. The van der Waals surface area contributed by atoms with E-state index in [2.05, 4.69) is 37.8 Å². The Kier molecular flexibility index (Phi) is 8.76. The van der Waals surface area contributed by atoms with Gasteiger partial charge in [0.2, 0.25) is 5.91 Å². The molecule has 3 nitrogen and oxygen atoms in total. The third kappa shape index (κ3) is 6.76. The molecule has 1 aromatic carbocycles. The van der Waals surface area contributed by atoms with Crippen LogP contribution in [0.3, 0.4) is 0 Å². The molecule has 1 rings (SSSR count). The van der Waals surface area contributed by atoms with Crippen LogP contribution in [-0.4, -0.2) is 41.9 Å². The summed E-state index contributed by atoms with van der Waals surface area (Å²) < 4.78 is 0. The number of benzene rings is 1. The number of nitrogens with zero attached hydrogens (tertiary/aromatic N) is 2. The summed E-state index contributed by atoms with van der Waals surface area (Å²) in [4.78, 5) is 16.7. The fourth-order valence-corrected chi connectivity index (χ4v) is 2.56. The molecule has 0 fully saturated rings.